The average molecular weight is 459 g/mol. The van der Waals surface area contributed by atoms with Gasteiger partial charge in [0.2, 0.25) is 5.88 Å². The zero-order valence-corrected chi connectivity index (χ0v) is 21.2. The normalized spacial score (nSPS) is 49.9. The van der Waals surface area contributed by atoms with Crippen molar-refractivity contribution in [3.05, 3.63) is 12.5 Å². The molecule has 4 fully saturated rings. The fourth-order valence-electron chi connectivity index (χ4n) is 9.92. The molecule has 5 unspecified atom stereocenters. The molecule has 0 aromatic rings. The summed E-state index contributed by atoms with van der Waals surface area (Å²) in [6, 6.07) is 0. The maximum absolute atomic E-state index is 11.8. The zero-order valence-electron chi connectivity index (χ0n) is 21.2. The standard InChI is InChI=1S/C28H46N2O3/c1-6-19-23-15-18(31)11-13-28(23,5)22-12-14-27(4)20(8-9-21(27)25(22)26(19)32)16(2)7-10-24-29-17(3)33-30-24/h16,18-23,25-26,31-32H,3,6-15H2,1-2,4-5H3,(H,29,30)/t16-,18-,19-,20?,21?,22?,23+,25?,26?,27-,28-/m1/s1. The molecule has 0 aromatic carbocycles. The van der Waals surface area contributed by atoms with Gasteiger partial charge in [0.25, 0.3) is 0 Å². The molecule has 1 aliphatic heterocycles. The first kappa shape index (κ1) is 23.7. The minimum Gasteiger partial charge on any atom is -0.393 e. The molecule has 0 bridgehead atoms. The van der Waals surface area contributed by atoms with Gasteiger partial charge in [0.1, 0.15) is 5.84 Å². The molecule has 5 aliphatic rings. The Morgan fingerprint density at radius 3 is 2.52 bits per heavy atom. The highest BCUT2D eigenvalue weighted by Crippen LogP contribution is 2.69. The van der Waals surface area contributed by atoms with Crippen LogP contribution in [-0.2, 0) is 4.84 Å². The molecule has 4 aliphatic carbocycles. The molecular weight excluding hydrogens is 412 g/mol. The maximum atomic E-state index is 11.8. The molecular formula is C28H46N2O3. The van der Waals surface area contributed by atoms with Gasteiger partial charge in [0.15, 0.2) is 0 Å². The molecule has 0 spiro atoms. The summed E-state index contributed by atoms with van der Waals surface area (Å²) in [7, 11) is 0. The fourth-order valence-corrected chi connectivity index (χ4v) is 9.92. The van der Waals surface area contributed by atoms with Crippen molar-refractivity contribution in [3.8, 4) is 0 Å². The van der Waals surface area contributed by atoms with E-state index in [-0.39, 0.29) is 17.6 Å². The van der Waals surface area contributed by atoms with Crippen molar-refractivity contribution in [2.75, 3.05) is 0 Å². The molecule has 3 N–H and O–H groups in total. The predicted octanol–water partition coefficient (Wildman–Crippen LogP) is 5.43. The number of hydrogen-bond acceptors (Lipinski definition) is 5. The van der Waals surface area contributed by atoms with Crippen LogP contribution in [0.5, 0.6) is 0 Å². The molecule has 186 valence electrons. The lowest BCUT2D eigenvalue weighted by Gasteiger charge is -2.64. The van der Waals surface area contributed by atoms with Crippen LogP contribution in [0, 0.1) is 52.3 Å². The minimum absolute atomic E-state index is 0.173. The van der Waals surface area contributed by atoms with E-state index in [9.17, 15) is 10.2 Å². The summed E-state index contributed by atoms with van der Waals surface area (Å²) < 4.78 is 0. The van der Waals surface area contributed by atoms with Crippen molar-refractivity contribution in [3.63, 3.8) is 0 Å². The molecule has 4 saturated carbocycles. The SMILES string of the molecule is C=C1N=C(CC[C@@H](C)C2CCC3C4C(O)[C@H](CC)[C@@H]5C[C@H](O)CC[C@]5(C)C4CC[C@@]32C)NO1. The molecule has 5 nitrogen and oxygen atoms in total. The number of rotatable bonds is 5. The number of hydroxylamine groups is 1. The smallest absolute Gasteiger partial charge is 0.240 e. The third-order valence-corrected chi connectivity index (χ3v) is 11.5. The summed E-state index contributed by atoms with van der Waals surface area (Å²) >= 11 is 0. The van der Waals surface area contributed by atoms with Gasteiger partial charge >= 0.3 is 0 Å². The average Bonchev–Trinajstić information content (AvgIpc) is 3.36. The molecule has 11 atom stereocenters. The van der Waals surface area contributed by atoms with Gasteiger partial charge in [-0.05, 0) is 110 Å². The number of nitrogens with zero attached hydrogens (tertiary/aromatic N) is 1. The second-order valence-electron chi connectivity index (χ2n) is 12.8. The van der Waals surface area contributed by atoms with Gasteiger partial charge in [-0.15, -0.1) is 0 Å². The Hall–Kier alpha value is -1.07. The first-order chi connectivity index (χ1) is 15.7. The fraction of sp³-hybridized carbons (Fsp3) is 0.893. The van der Waals surface area contributed by atoms with E-state index in [2.05, 4.69) is 44.7 Å². The molecule has 5 heteroatoms. The van der Waals surface area contributed by atoms with E-state index < -0.39 is 0 Å². The molecule has 0 radical (unpaired) electrons. The third kappa shape index (κ3) is 3.67. The van der Waals surface area contributed by atoms with Gasteiger partial charge in [0, 0.05) is 6.42 Å². The molecule has 0 saturated heterocycles. The maximum Gasteiger partial charge on any atom is 0.240 e. The number of aliphatic hydroxyl groups is 2. The summed E-state index contributed by atoms with van der Waals surface area (Å²) in [5.74, 6) is 5.18. The minimum atomic E-state index is -0.206. The Morgan fingerprint density at radius 2 is 1.82 bits per heavy atom. The van der Waals surface area contributed by atoms with Crippen molar-refractivity contribution in [2.24, 2.45) is 57.2 Å². The Kier molecular flexibility index (Phi) is 6.13. The van der Waals surface area contributed by atoms with Crippen molar-refractivity contribution < 1.29 is 15.1 Å². The molecule has 5 rings (SSSR count). The van der Waals surface area contributed by atoms with E-state index in [1.54, 1.807) is 0 Å². The second kappa shape index (κ2) is 8.55. The van der Waals surface area contributed by atoms with E-state index in [1.165, 1.54) is 25.7 Å². The summed E-state index contributed by atoms with van der Waals surface area (Å²) in [4.78, 5) is 9.55. The Bertz CT molecular complexity index is 798. The van der Waals surface area contributed by atoms with Gasteiger partial charge in [-0.1, -0.05) is 34.1 Å². The third-order valence-electron chi connectivity index (χ3n) is 11.5. The second-order valence-corrected chi connectivity index (χ2v) is 12.8. The Morgan fingerprint density at radius 1 is 1.09 bits per heavy atom. The number of hydrogen-bond donors (Lipinski definition) is 3. The van der Waals surface area contributed by atoms with Crippen LogP contribution in [0.15, 0.2) is 17.5 Å². The molecule has 33 heavy (non-hydrogen) atoms. The van der Waals surface area contributed by atoms with Crippen molar-refractivity contribution >= 4 is 5.84 Å². The molecule has 0 aromatic heterocycles. The number of nitrogens with one attached hydrogen (secondary N) is 1. The quantitative estimate of drug-likeness (QED) is 0.513. The van der Waals surface area contributed by atoms with Crippen molar-refractivity contribution in [1.82, 2.24) is 5.48 Å². The summed E-state index contributed by atoms with van der Waals surface area (Å²) in [6.45, 7) is 13.5. The summed E-state index contributed by atoms with van der Waals surface area (Å²) in [5, 5.41) is 22.3. The predicted molar refractivity (Wildman–Crippen MR) is 131 cm³/mol. The number of aliphatic imine (C=N–C) groups is 1. The topological polar surface area (TPSA) is 74.1 Å². The first-order valence-corrected chi connectivity index (χ1v) is 13.7. The first-order valence-electron chi connectivity index (χ1n) is 13.7. The van der Waals surface area contributed by atoms with Gasteiger partial charge in [-0.25, -0.2) is 5.48 Å². The van der Waals surface area contributed by atoms with Crippen LogP contribution in [0.25, 0.3) is 0 Å². The van der Waals surface area contributed by atoms with Crippen LogP contribution in [0.3, 0.4) is 0 Å². The lowest BCUT2D eigenvalue weighted by Crippen LogP contribution is -2.62. The monoisotopic (exact) mass is 458 g/mol. The highest BCUT2D eigenvalue weighted by atomic mass is 16.7. The van der Waals surface area contributed by atoms with E-state index in [4.69, 9.17) is 4.84 Å². The van der Waals surface area contributed by atoms with Crippen LogP contribution >= 0.6 is 0 Å². The van der Waals surface area contributed by atoms with Crippen LogP contribution in [0.4, 0.5) is 0 Å². The van der Waals surface area contributed by atoms with E-state index >= 15 is 0 Å². The molecule has 0 amide bonds. The lowest BCUT2D eigenvalue weighted by atomic mass is 9.41. The number of aliphatic hydroxyl groups excluding tert-OH is 2. The van der Waals surface area contributed by atoms with Crippen LogP contribution in [0.1, 0.15) is 91.9 Å². The van der Waals surface area contributed by atoms with Gasteiger partial charge in [0.05, 0.1) is 12.2 Å². The van der Waals surface area contributed by atoms with Crippen molar-refractivity contribution in [1.29, 1.82) is 0 Å². The lowest BCUT2D eigenvalue weighted by molar-refractivity contribution is -0.203. The van der Waals surface area contributed by atoms with E-state index in [0.717, 1.165) is 44.4 Å². The van der Waals surface area contributed by atoms with Crippen LogP contribution < -0.4 is 5.48 Å². The van der Waals surface area contributed by atoms with E-state index in [0.29, 0.717) is 52.7 Å². The van der Waals surface area contributed by atoms with Gasteiger partial charge < -0.3 is 15.1 Å². The number of fused-ring (bicyclic) bond motifs is 5. The van der Waals surface area contributed by atoms with Gasteiger partial charge in [-0.2, -0.15) is 4.99 Å². The molecule has 1 heterocycles. The largest absolute Gasteiger partial charge is 0.393 e. The summed E-state index contributed by atoms with van der Waals surface area (Å²) in [6.07, 6.45) is 10.7. The van der Waals surface area contributed by atoms with Crippen LogP contribution in [0.2, 0.25) is 0 Å². The Labute approximate surface area is 200 Å². The number of amidine groups is 1. The van der Waals surface area contributed by atoms with Gasteiger partial charge in [-0.3, -0.25) is 0 Å². The highest BCUT2D eigenvalue weighted by Gasteiger charge is 2.64. The van der Waals surface area contributed by atoms with Crippen molar-refractivity contribution in [2.45, 2.75) is 104 Å². The zero-order chi connectivity index (χ0) is 23.5. The summed E-state index contributed by atoms with van der Waals surface area (Å²) in [5.41, 5.74) is 3.51. The Balaban J connectivity index is 1.36. The van der Waals surface area contributed by atoms with Crippen LogP contribution in [-0.4, -0.2) is 28.3 Å². The highest BCUT2D eigenvalue weighted by molar-refractivity contribution is 5.83. The van der Waals surface area contributed by atoms with E-state index in [1.807, 2.05) is 0 Å².